The van der Waals surface area contributed by atoms with Crippen LogP contribution in [0.2, 0.25) is 0 Å². The van der Waals surface area contributed by atoms with Gasteiger partial charge in [-0.05, 0) is 71.2 Å². The molecule has 35 heavy (non-hydrogen) atoms. The van der Waals surface area contributed by atoms with Crippen LogP contribution >= 0.6 is 0 Å². The Bertz CT molecular complexity index is 1460. The Morgan fingerprint density at radius 2 is 1.49 bits per heavy atom. The lowest BCUT2D eigenvalue weighted by Crippen LogP contribution is -2.29. The molecule has 0 aliphatic rings. The molecule has 4 aromatic carbocycles. The van der Waals surface area contributed by atoms with Crippen molar-refractivity contribution in [2.45, 2.75) is 26.9 Å². The summed E-state index contributed by atoms with van der Waals surface area (Å²) >= 11 is 0. The molecule has 0 radical (unpaired) electrons. The molecular formula is C34H32O. The van der Waals surface area contributed by atoms with Crippen molar-refractivity contribution in [2.24, 2.45) is 0 Å². The highest BCUT2D eigenvalue weighted by Crippen LogP contribution is 2.30. The summed E-state index contributed by atoms with van der Waals surface area (Å²) in [5.41, 5.74) is 6.87. The molecule has 0 bridgehead atoms. The fourth-order valence-corrected chi connectivity index (χ4v) is 4.29. The molecule has 4 rings (SSSR count). The van der Waals surface area contributed by atoms with Gasteiger partial charge in [-0.3, -0.25) is 0 Å². The lowest BCUT2D eigenvalue weighted by Gasteiger charge is -2.23. The Morgan fingerprint density at radius 1 is 0.800 bits per heavy atom. The lowest BCUT2D eigenvalue weighted by atomic mass is 9.89. The van der Waals surface area contributed by atoms with Gasteiger partial charge in [0.05, 0.1) is 0 Å². The number of allylic oxidation sites excluding steroid dienone is 3. The van der Waals surface area contributed by atoms with Crippen LogP contribution in [0, 0.1) is 6.92 Å². The number of benzene rings is 4. The summed E-state index contributed by atoms with van der Waals surface area (Å²) in [5.74, 6) is 0.895. The minimum Gasteiger partial charge on any atom is -0.486 e. The Balaban J connectivity index is 1.93. The van der Waals surface area contributed by atoms with E-state index >= 15 is 0 Å². The van der Waals surface area contributed by atoms with Crippen LogP contribution < -0.4 is 15.2 Å². The van der Waals surface area contributed by atoms with E-state index in [0.29, 0.717) is 0 Å². The third-order valence-electron chi connectivity index (χ3n) is 6.14. The molecule has 0 N–H and O–H groups in total. The topological polar surface area (TPSA) is 9.23 Å². The van der Waals surface area contributed by atoms with Crippen LogP contribution in [0.3, 0.4) is 0 Å². The molecule has 0 aliphatic carbocycles. The van der Waals surface area contributed by atoms with Crippen LogP contribution in [-0.4, -0.2) is 6.10 Å². The zero-order valence-electron chi connectivity index (χ0n) is 20.7. The zero-order chi connectivity index (χ0) is 24.6. The van der Waals surface area contributed by atoms with E-state index in [0.717, 1.165) is 38.5 Å². The average molecular weight is 457 g/mol. The summed E-state index contributed by atoms with van der Waals surface area (Å²) in [6, 6.07) is 35.7. The standard InChI is InChI=1S/C34H32O/c1-5-6-21-32(27(4)35-33-23-13-11-16-26(33)3)34(31-22-12-10-15-25(31)2)30-20-14-19-29(24-30)28-17-8-7-9-18-28/h5-24,27H,2H2,1,3-4H3/b6-5-,32-21+,34-31-. The van der Waals surface area contributed by atoms with Crippen molar-refractivity contribution < 1.29 is 4.74 Å². The van der Waals surface area contributed by atoms with Gasteiger partial charge in [-0.2, -0.15) is 0 Å². The fraction of sp³-hybridized carbons (Fsp3) is 0.118. The van der Waals surface area contributed by atoms with Crippen LogP contribution in [0.5, 0.6) is 5.75 Å². The van der Waals surface area contributed by atoms with Crippen LogP contribution in [0.15, 0.2) is 127 Å². The smallest absolute Gasteiger partial charge is 0.123 e. The normalized spacial score (nSPS) is 13.5. The maximum Gasteiger partial charge on any atom is 0.123 e. The molecule has 0 aliphatic heterocycles. The summed E-state index contributed by atoms with van der Waals surface area (Å²) in [5, 5.41) is 2.09. The molecule has 0 aromatic heterocycles. The first-order chi connectivity index (χ1) is 17.1. The Labute approximate surface area is 209 Å². The largest absolute Gasteiger partial charge is 0.486 e. The van der Waals surface area contributed by atoms with Gasteiger partial charge in [0.25, 0.3) is 0 Å². The predicted octanol–water partition coefficient (Wildman–Crippen LogP) is 7.24. The molecule has 0 saturated carbocycles. The number of para-hydroxylation sites is 1. The van der Waals surface area contributed by atoms with E-state index in [-0.39, 0.29) is 6.10 Å². The van der Waals surface area contributed by atoms with Gasteiger partial charge in [0.1, 0.15) is 11.9 Å². The third-order valence-corrected chi connectivity index (χ3v) is 6.14. The quantitative estimate of drug-likeness (QED) is 0.266. The molecule has 0 spiro atoms. The molecule has 0 saturated heterocycles. The predicted molar refractivity (Wildman–Crippen MR) is 150 cm³/mol. The highest BCUT2D eigenvalue weighted by Gasteiger charge is 2.19. The molecular weight excluding hydrogens is 424 g/mol. The van der Waals surface area contributed by atoms with Crippen molar-refractivity contribution in [3.8, 4) is 16.9 Å². The Morgan fingerprint density at radius 3 is 2.23 bits per heavy atom. The summed E-state index contributed by atoms with van der Waals surface area (Å²) in [7, 11) is 0. The second kappa shape index (κ2) is 11.4. The third kappa shape index (κ3) is 5.70. The first-order valence-corrected chi connectivity index (χ1v) is 12.1. The van der Waals surface area contributed by atoms with Gasteiger partial charge in [0, 0.05) is 5.57 Å². The van der Waals surface area contributed by atoms with E-state index < -0.39 is 0 Å². The molecule has 0 heterocycles. The zero-order valence-corrected chi connectivity index (χ0v) is 20.7. The first-order valence-electron chi connectivity index (χ1n) is 12.1. The van der Waals surface area contributed by atoms with Crippen LogP contribution in [0.25, 0.3) is 23.3 Å². The number of rotatable bonds is 7. The maximum atomic E-state index is 6.54. The molecule has 0 amide bonds. The van der Waals surface area contributed by atoms with Crippen molar-refractivity contribution in [1.29, 1.82) is 0 Å². The number of aryl methyl sites for hydroxylation is 1. The fourth-order valence-electron chi connectivity index (χ4n) is 4.29. The van der Waals surface area contributed by atoms with Crippen molar-refractivity contribution in [3.63, 3.8) is 0 Å². The van der Waals surface area contributed by atoms with Crippen LogP contribution in [0.4, 0.5) is 0 Å². The number of hydrogen-bond donors (Lipinski definition) is 0. The van der Waals surface area contributed by atoms with Gasteiger partial charge in [0.2, 0.25) is 0 Å². The molecule has 174 valence electrons. The minimum atomic E-state index is -0.178. The number of hydrogen-bond acceptors (Lipinski definition) is 1. The van der Waals surface area contributed by atoms with E-state index in [9.17, 15) is 0 Å². The maximum absolute atomic E-state index is 6.54. The van der Waals surface area contributed by atoms with Crippen molar-refractivity contribution >= 4 is 12.2 Å². The van der Waals surface area contributed by atoms with E-state index in [4.69, 9.17) is 4.74 Å². The van der Waals surface area contributed by atoms with Gasteiger partial charge in [-0.15, -0.1) is 0 Å². The second-order valence-electron chi connectivity index (χ2n) is 8.65. The van der Waals surface area contributed by atoms with Crippen LogP contribution in [-0.2, 0) is 0 Å². The van der Waals surface area contributed by atoms with Gasteiger partial charge in [-0.1, -0.05) is 116 Å². The number of ether oxygens (including phenoxy) is 1. The van der Waals surface area contributed by atoms with Gasteiger partial charge < -0.3 is 4.74 Å². The van der Waals surface area contributed by atoms with E-state index in [1.807, 2.05) is 37.3 Å². The highest BCUT2D eigenvalue weighted by molar-refractivity contribution is 5.82. The second-order valence-corrected chi connectivity index (χ2v) is 8.65. The van der Waals surface area contributed by atoms with Gasteiger partial charge >= 0.3 is 0 Å². The van der Waals surface area contributed by atoms with E-state index in [2.05, 4.69) is 111 Å². The summed E-state index contributed by atoms with van der Waals surface area (Å²) < 4.78 is 6.54. The van der Waals surface area contributed by atoms with Crippen molar-refractivity contribution in [1.82, 2.24) is 0 Å². The SMILES string of the molecule is C=c1cccc/c1=C(/C(=C/C=C\C)C(C)Oc1ccccc1C)c1cccc(-c2ccccc2)c1. The summed E-state index contributed by atoms with van der Waals surface area (Å²) in [6.45, 7) is 10.6. The molecule has 1 heteroatoms. The van der Waals surface area contributed by atoms with Gasteiger partial charge in [-0.25, -0.2) is 0 Å². The minimum absolute atomic E-state index is 0.178. The van der Waals surface area contributed by atoms with E-state index in [1.54, 1.807) is 0 Å². The van der Waals surface area contributed by atoms with E-state index in [1.165, 1.54) is 11.1 Å². The first kappa shape index (κ1) is 24.0. The average Bonchev–Trinajstić information content (AvgIpc) is 2.89. The molecule has 4 aromatic rings. The highest BCUT2D eigenvalue weighted by atomic mass is 16.5. The molecule has 1 nitrogen and oxygen atoms in total. The Hall–Kier alpha value is -4.10. The van der Waals surface area contributed by atoms with Crippen LogP contribution in [0.1, 0.15) is 25.0 Å². The molecule has 1 unspecified atom stereocenters. The van der Waals surface area contributed by atoms with Crippen molar-refractivity contribution in [2.75, 3.05) is 0 Å². The molecule has 1 atom stereocenters. The van der Waals surface area contributed by atoms with Gasteiger partial charge in [0.15, 0.2) is 0 Å². The Kier molecular flexibility index (Phi) is 7.80. The van der Waals surface area contributed by atoms with Crippen molar-refractivity contribution in [3.05, 3.63) is 148 Å². The summed E-state index contributed by atoms with van der Waals surface area (Å²) in [4.78, 5) is 0. The monoisotopic (exact) mass is 456 g/mol. The lowest BCUT2D eigenvalue weighted by molar-refractivity contribution is 0.260. The molecule has 0 fully saturated rings. The summed E-state index contributed by atoms with van der Waals surface area (Å²) in [6.07, 6.45) is 6.12.